The Bertz CT molecular complexity index is 521. The van der Waals surface area contributed by atoms with E-state index in [1.807, 2.05) is 35.7 Å². The number of aryl methyl sites for hydroxylation is 1. The molecule has 0 saturated carbocycles. The number of likely N-dealkylation sites (N-methyl/N-ethyl adjacent to an activating group) is 1. The predicted octanol–water partition coefficient (Wildman–Crippen LogP) is 0.681. The van der Waals surface area contributed by atoms with Gasteiger partial charge in [0, 0.05) is 50.4 Å². The fourth-order valence-electron chi connectivity index (χ4n) is 2.46. The van der Waals surface area contributed by atoms with Crippen LogP contribution in [0, 0.1) is 0 Å². The molecule has 0 aliphatic carbocycles. The minimum atomic E-state index is 0.0425. The second-order valence-electron chi connectivity index (χ2n) is 5.18. The summed E-state index contributed by atoms with van der Waals surface area (Å²) in [4.78, 5) is 27.9. The molecule has 1 aliphatic heterocycles. The monoisotopic (exact) mass is 356 g/mol. The number of nitrogens with one attached hydrogen (secondary N) is 1. The lowest BCUT2D eigenvalue weighted by molar-refractivity contribution is -0.122. The Labute approximate surface area is 133 Å². The van der Waals surface area contributed by atoms with Crippen molar-refractivity contribution in [3.8, 4) is 0 Å². The summed E-state index contributed by atoms with van der Waals surface area (Å²) in [5.74, 6) is 0.0875. The number of hydrogen-bond donors (Lipinski definition) is 1. The molecule has 1 aliphatic rings. The van der Waals surface area contributed by atoms with E-state index in [1.54, 1.807) is 0 Å². The van der Waals surface area contributed by atoms with Gasteiger partial charge in [-0.15, -0.1) is 0 Å². The molecule has 116 valence electrons. The summed E-state index contributed by atoms with van der Waals surface area (Å²) in [6.07, 6.45) is 1.87. The van der Waals surface area contributed by atoms with Gasteiger partial charge in [0.15, 0.2) is 0 Å². The van der Waals surface area contributed by atoms with Crippen molar-refractivity contribution in [3.63, 3.8) is 0 Å². The molecule has 0 unspecified atom stereocenters. The largest absolute Gasteiger partial charge is 0.355 e. The first-order chi connectivity index (χ1) is 10.0. The Morgan fingerprint density at radius 2 is 1.95 bits per heavy atom. The summed E-state index contributed by atoms with van der Waals surface area (Å²) < 4.78 is 2.73. The molecule has 1 aromatic rings. The van der Waals surface area contributed by atoms with Crippen molar-refractivity contribution in [3.05, 3.63) is 22.4 Å². The molecule has 1 N–H and O–H groups in total. The summed E-state index contributed by atoms with van der Waals surface area (Å²) in [5, 5.41) is 2.79. The molecule has 0 spiro atoms. The molecule has 21 heavy (non-hydrogen) atoms. The zero-order valence-corrected chi connectivity index (χ0v) is 14.0. The van der Waals surface area contributed by atoms with Gasteiger partial charge in [-0.05, 0) is 28.9 Å². The van der Waals surface area contributed by atoms with Crippen LogP contribution in [0.4, 0.5) is 0 Å². The quantitative estimate of drug-likeness (QED) is 0.862. The van der Waals surface area contributed by atoms with E-state index >= 15 is 0 Å². The number of carbonyl (C=O) groups is 2. The van der Waals surface area contributed by atoms with Crippen molar-refractivity contribution < 1.29 is 9.59 Å². The van der Waals surface area contributed by atoms with E-state index in [1.165, 1.54) is 0 Å². The number of piperazine rings is 1. The Balaban J connectivity index is 1.87. The summed E-state index contributed by atoms with van der Waals surface area (Å²) in [6.45, 7) is 5.74. The fourth-order valence-corrected chi connectivity index (χ4v) is 2.99. The molecule has 1 fully saturated rings. The van der Waals surface area contributed by atoms with E-state index < -0.39 is 0 Å². The molecule has 6 nitrogen and oxygen atoms in total. The van der Waals surface area contributed by atoms with E-state index in [-0.39, 0.29) is 11.8 Å². The molecule has 7 heteroatoms. The van der Waals surface area contributed by atoms with Crippen molar-refractivity contribution in [2.75, 3.05) is 39.3 Å². The van der Waals surface area contributed by atoms with E-state index in [4.69, 9.17) is 0 Å². The van der Waals surface area contributed by atoms with Gasteiger partial charge < -0.3 is 14.8 Å². The van der Waals surface area contributed by atoms with Crippen molar-refractivity contribution >= 4 is 27.7 Å². The Kier molecular flexibility index (Phi) is 5.41. The van der Waals surface area contributed by atoms with Gasteiger partial charge in [0.1, 0.15) is 5.69 Å². The highest BCUT2D eigenvalue weighted by Crippen LogP contribution is 2.16. The van der Waals surface area contributed by atoms with Crippen LogP contribution in [0.15, 0.2) is 16.7 Å². The highest BCUT2D eigenvalue weighted by atomic mass is 79.9. The van der Waals surface area contributed by atoms with Gasteiger partial charge in [0.05, 0.1) is 6.54 Å². The maximum atomic E-state index is 12.5. The minimum absolute atomic E-state index is 0.0425. The first-order valence-corrected chi connectivity index (χ1v) is 7.90. The first kappa shape index (κ1) is 16.0. The van der Waals surface area contributed by atoms with Crippen LogP contribution in [-0.4, -0.2) is 65.4 Å². The van der Waals surface area contributed by atoms with Gasteiger partial charge in [-0.25, -0.2) is 0 Å². The van der Waals surface area contributed by atoms with Gasteiger partial charge in [-0.3, -0.25) is 14.5 Å². The number of nitrogens with zero attached hydrogens (tertiary/aromatic N) is 3. The summed E-state index contributed by atoms with van der Waals surface area (Å²) >= 11 is 3.38. The van der Waals surface area contributed by atoms with Crippen LogP contribution in [-0.2, 0) is 11.8 Å². The molecule has 0 aromatic carbocycles. The average Bonchev–Trinajstić information content (AvgIpc) is 2.78. The van der Waals surface area contributed by atoms with E-state index in [0.29, 0.717) is 31.9 Å². The van der Waals surface area contributed by atoms with Gasteiger partial charge in [0.25, 0.3) is 5.91 Å². The third kappa shape index (κ3) is 4.07. The minimum Gasteiger partial charge on any atom is -0.355 e. The SMILES string of the molecule is CCNC(=O)CN1CCN(C(=O)c2cc(Br)cn2C)CC1. The van der Waals surface area contributed by atoms with Crippen LogP contribution in [0.2, 0.25) is 0 Å². The number of halogens is 1. The van der Waals surface area contributed by atoms with Gasteiger partial charge in [-0.1, -0.05) is 0 Å². The number of carbonyl (C=O) groups excluding carboxylic acids is 2. The molecular formula is C14H21BrN4O2. The molecule has 1 aromatic heterocycles. The van der Waals surface area contributed by atoms with Gasteiger partial charge >= 0.3 is 0 Å². The average molecular weight is 357 g/mol. The lowest BCUT2D eigenvalue weighted by Gasteiger charge is -2.34. The van der Waals surface area contributed by atoms with Gasteiger partial charge in [0.2, 0.25) is 5.91 Å². The normalized spacial score (nSPS) is 16.0. The third-order valence-corrected chi connectivity index (χ3v) is 4.03. The molecule has 0 radical (unpaired) electrons. The van der Waals surface area contributed by atoms with Crippen LogP contribution < -0.4 is 5.32 Å². The smallest absolute Gasteiger partial charge is 0.270 e. The number of aromatic nitrogens is 1. The maximum absolute atomic E-state index is 12.5. The third-order valence-electron chi connectivity index (χ3n) is 3.59. The predicted molar refractivity (Wildman–Crippen MR) is 84.1 cm³/mol. The number of amides is 2. The molecule has 2 rings (SSSR count). The number of hydrogen-bond acceptors (Lipinski definition) is 3. The molecule has 0 bridgehead atoms. The van der Waals surface area contributed by atoms with Crippen LogP contribution in [0.25, 0.3) is 0 Å². The van der Waals surface area contributed by atoms with Crippen LogP contribution in [0.1, 0.15) is 17.4 Å². The number of rotatable bonds is 4. The van der Waals surface area contributed by atoms with Gasteiger partial charge in [-0.2, -0.15) is 0 Å². The Morgan fingerprint density at radius 1 is 1.29 bits per heavy atom. The van der Waals surface area contributed by atoms with Crippen LogP contribution in [0.5, 0.6) is 0 Å². The second kappa shape index (κ2) is 7.09. The van der Waals surface area contributed by atoms with E-state index in [9.17, 15) is 9.59 Å². The zero-order valence-electron chi connectivity index (χ0n) is 12.4. The summed E-state index contributed by atoms with van der Waals surface area (Å²) in [6, 6.07) is 1.84. The lowest BCUT2D eigenvalue weighted by Crippen LogP contribution is -2.51. The topological polar surface area (TPSA) is 57.6 Å². The lowest BCUT2D eigenvalue weighted by atomic mass is 10.2. The maximum Gasteiger partial charge on any atom is 0.270 e. The fraction of sp³-hybridized carbons (Fsp3) is 0.571. The first-order valence-electron chi connectivity index (χ1n) is 7.11. The molecular weight excluding hydrogens is 336 g/mol. The van der Waals surface area contributed by atoms with Crippen molar-refractivity contribution in [1.29, 1.82) is 0 Å². The van der Waals surface area contributed by atoms with E-state index in [0.717, 1.165) is 17.6 Å². The van der Waals surface area contributed by atoms with Crippen molar-refractivity contribution in [2.24, 2.45) is 7.05 Å². The van der Waals surface area contributed by atoms with Crippen molar-refractivity contribution in [1.82, 2.24) is 19.7 Å². The highest BCUT2D eigenvalue weighted by molar-refractivity contribution is 9.10. The second-order valence-corrected chi connectivity index (χ2v) is 6.09. The standard InChI is InChI=1S/C14H21BrN4O2/c1-3-16-13(20)10-18-4-6-19(7-5-18)14(21)12-8-11(15)9-17(12)2/h8-9H,3-7,10H2,1-2H3,(H,16,20). The zero-order chi connectivity index (χ0) is 15.4. The molecule has 2 heterocycles. The van der Waals surface area contributed by atoms with E-state index in [2.05, 4.69) is 26.1 Å². The summed E-state index contributed by atoms with van der Waals surface area (Å²) in [7, 11) is 1.86. The van der Waals surface area contributed by atoms with Crippen LogP contribution >= 0.6 is 15.9 Å². The summed E-state index contributed by atoms with van der Waals surface area (Å²) in [5.41, 5.74) is 0.680. The molecule has 1 saturated heterocycles. The Morgan fingerprint density at radius 3 is 2.48 bits per heavy atom. The van der Waals surface area contributed by atoms with Crippen molar-refractivity contribution in [2.45, 2.75) is 6.92 Å². The molecule has 2 amide bonds. The highest BCUT2D eigenvalue weighted by Gasteiger charge is 2.24. The van der Waals surface area contributed by atoms with Crippen LogP contribution in [0.3, 0.4) is 0 Å². The molecule has 0 atom stereocenters. The Hall–Kier alpha value is -1.34.